The van der Waals surface area contributed by atoms with Gasteiger partial charge in [-0.05, 0) is 25.6 Å². The van der Waals surface area contributed by atoms with Crippen molar-refractivity contribution in [1.82, 2.24) is 9.62 Å². The second-order valence-corrected chi connectivity index (χ2v) is 6.67. The van der Waals surface area contributed by atoms with E-state index in [2.05, 4.69) is 5.32 Å². The monoisotopic (exact) mass is 315 g/mol. The molecule has 0 aliphatic carbocycles. The molecule has 9 heteroatoms. The fourth-order valence-electron chi connectivity index (χ4n) is 2.30. The molecule has 2 rings (SSSR count). The minimum Gasteiger partial charge on any atom is -0.490 e. The van der Waals surface area contributed by atoms with Crippen molar-refractivity contribution in [3.05, 3.63) is 28.3 Å². The molecule has 0 bridgehead atoms. The zero-order valence-corrected chi connectivity index (χ0v) is 12.6. The van der Waals surface area contributed by atoms with Gasteiger partial charge in [-0.2, -0.15) is 4.31 Å². The number of benzene rings is 1. The van der Waals surface area contributed by atoms with Crippen LogP contribution in [0.3, 0.4) is 0 Å². The standard InChI is InChI=1S/C12H17N3O5S/c1-13-9-5-6-14(8-9)21(18,19)10-3-4-12(20-2)11(7-10)15(16)17/h3-4,7,9,13H,5-6,8H2,1-2H3. The summed E-state index contributed by atoms with van der Waals surface area (Å²) in [6.45, 7) is 0.756. The molecule has 1 fully saturated rings. The topological polar surface area (TPSA) is 102 Å². The highest BCUT2D eigenvalue weighted by atomic mass is 32.2. The van der Waals surface area contributed by atoms with Gasteiger partial charge < -0.3 is 10.1 Å². The van der Waals surface area contributed by atoms with Gasteiger partial charge in [0.25, 0.3) is 0 Å². The van der Waals surface area contributed by atoms with Crippen molar-refractivity contribution in [3.8, 4) is 5.75 Å². The molecule has 116 valence electrons. The Balaban J connectivity index is 2.37. The van der Waals surface area contributed by atoms with Gasteiger partial charge in [-0.15, -0.1) is 0 Å². The maximum atomic E-state index is 12.5. The van der Waals surface area contributed by atoms with Crippen molar-refractivity contribution in [1.29, 1.82) is 0 Å². The zero-order valence-electron chi connectivity index (χ0n) is 11.8. The number of methoxy groups -OCH3 is 1. The molecule has 0 radical (unpaired) electrons. The van der Waals surface area contributed by atoms with Crippen molar-refractivity contribution >= 4 is 15.7 Å². The van der Waals surface area contributed by atoms with Gasteiger partial charge in [-0.25, -0.2) is 8.42 Å². The highest BCUT2D eigenvalue weighted by Crippen LogP contribution is 2.31. The number of rotatable bonds is 5. The summed E-state index contributed by atoms with van der Waals surface area (Å²) in [4.78, 5) is 10.2. The van der Waals surface area contributed by atoms with Crippen molar-refractivity contribution < 1.29 is 18.1 Å². The van der Waals surface area contributed by atoms with Crippen molar-refractivity contribution in [3.63, 3.8) is 0 Å². The van der Waals surface area contributed by atoms with Gasteiger partial charge in [0.05, 0.1) is 16.9 Å². The summed E-state index contributed by atoms with van der Waals surface area (Å²) in [5, 5.41) is 14.0. The number of ether oxygens (including phenoxy) is 1. The third-order valence-electron chi connectivity index (χ3n) is 3.54. The fraction of sp³-hybridized carbons (Fsp3) is 0.500. The van der Waals surface area contributed by atoms with E-state index < -0.39 is 14.9 Å². The molecule has 0 amide bonds. The maximum Gasteiger partial charge on any atom is 0.312 e. The molecule has 0 spiro atoms. The SMILES string of the molecule is CNC1CCN(S(=O)(=O)c2ccc(OC)c([N+](=O)[O-])c2)C1. The Kier molecular flexibility index (Phi) is 4.45. The first-order valence-electron chi connectivity index (χ1n) is 6.40. The second kappa shape index (κ2) is 5.96. The van der Waals surface area contributed by atoms with Crippen LogP contribution in [0.1, 0.15) is 6.42 Å². The molecule has 1 aliphatic heterocycles. The van der Waals surface area contributed by atoms with Gasteiger partial charge >= 0.3 is 5.69 Å². The summed E-state index contributed by atoms with van der Waals surface area (Å²) in [6, 6.07) is 3.78. The maximum absolute atomic E-state index is 12.5. The number of likely N-dealkylation sites (N-methyl/N-ethyl adjacent to an activating group) is 1. The van der Waals surface area contributed by atoms with Gasteiger partial charge in [-0.1, -0.05) is 0 Å². The molecular weight excluding hydrogens is 298 g/mol. The van der Waals surface area contributed by atoms with Gasteiger partial charge in [0.1, 0.15) is 0 Å². The predicted molar refractivity (Wildman–Crippen MR) is 75.9 cm³/mol. The lowest BCUT2D eigenvalue weighted by molar-refractivity contribution is -0.386. The minimum atomic E-state index is -3.73. The van der Waals surface area contributed by atoms with E-state index in [1.807, 2.05) is 0 Å². The Morgan fingerprint density at radius 1 is 1.48 bits per heavy atom. The normalized spacial score (nSPS) is 19.6. The van der Waals surface area contributed by atoms with Crippen LogP contribution in [-0.4, -0.2) is 50.9 Å². The average molecular weight is 315 g/mol. The Bertz CT molecular complexity index is 646. The van der Waals surface area contributed by atoms with E-state index in [-0.39, 0.29) is 22.4 Å². The highest BCUT2D eigenvalue weighted by Gasteiger charge is 2.33. The Morgan fingerprint density at radius 3 is 2.71 bits per heavy atom. The summed E-state index contributed by atoms with van der Waals surface area (Å²) in [5.41, 5.74) is -0.358. The van der Waals surface area contributed by atoms with E-state index in [1.165, 1.54) is 23.5 Å². The average Bonchev–Trinajstić information content (AvgIpc) is 2.96. The summed E-state index contributed by atoms with van der Waals surface area (Å²) in [7, 11) is -0.652. The molecule has 1 N–H and O–H groups in total. The Hall–Kier alpha value is -1.71. The van der Waals surface area contributed by atoms with Crippen LogP contribution in [0.25, 0.3) is 0 Å². The van der Waals surface area contributed by atoms with Crippen LogP contribution in [0, 0.1) is 10.1 Å². The lowest BCUT2D eigenvalue weighted by Crippen LogP contribution is -2.33. The molecule has 1 unspecified atom stereocenters. The number of nitro groups is 1. The van der Waals surface area contributed by atoms with Crippen LogP contribution >= 0.6 is 0 Å². The van der Waals surface area contributed by atoms with Gasteiger partial charge in [0, 0.05) is 25.2 Å². The second-order valence-electron chi connectivity index (χ2n) is 4.73. The number of hydrogen-bond acceptors (Lipinski definition) is 6. The lowest BCUT2D eigenvalue weighted by atomic mass is 10.3. The molecule has 1 aromatic rings. The molecule has 1 aliphatic rings. The van der Waals surface area contributed by atoms with Gasteiger partial charge in [-0.3, -0.25) is 10.1 Å². The summed E-state index contributed by atoms with van der Waals surface area (Å²) < 4.78 is 31.2. The Morgan fingerprint density at radius 2 is 2.19 bits per heavy atom. The molecule has 1 heterocycles. The third-order valence-corrected chi connectivity index (χ3v) is 5.41. The number of hydrogen-bond donors (Lipinski definition) is 1. The van der Waals surface area contributed by atoms with Gasteiger partial charge in [0.15, 0.2) is 5.75 Å². The van der Waals surface area contributed by atoms with E-state index in [9.17, 15) is 18.5 Å². The lowest BCUT2D eigenvalue weighted by Gasteiger charge is -2.16. The van der Waals surface area contributed by atoms with Crippen LogP contribution in [0.5, 0.6) is 5.75 Å². The van der Waals surface area contributed by atoms with E-state index >= 15 is 0 Å². The van der Waals surface area contributed by atoms with Gasteiger partial charge in [0.2, 0.25) is 10.0 Å². The number of nitro benzene ring substituents is 1. The minimum absolute atomic E-state index is 0.0356. The molecule has 0 aromatic heterocycles. The first-order valence-corrected chi connectivity index (χ1v) is 7.84. The number of sulfonamides is 1. The van der Waals surface area contributed by atoms with Crippen molar-refractivity contribution in [2.75, 3.05) is 27.2 Å². The van der Waals surface area contributed by atoms with Crippen LogP contribution in [0.4, 0.5) is 5.69 Å². The van der Waals surface area contributed by atoms with Crippen molar-refractivity contribution in [2.45, 2.75) is 17.4 Å². The first-order chi connectivity index (χ1) is 9.90. The van der Waals surface area contributed by atoms with Crippen LogP contribution in [0.15, 0.2) is 23.1 Å². The Labute approximate surface area is 122 Å². The molecular formula is C12H17N3O5S. The van der Waals surface area contributed by atoms with E-state index in [1.54, 1.807) is 7.05 Å². The summed E-state index contributed by atoms with van der Waals surface area (Å²) >= 11 is 0. The predicted octanol–water partition coefficient (Wildman–Crippen LogP) is 0.586. The smallest absolute Gasteiger partial charge is 0.312 e. The summed E-state index contributed by atoms with van der Waals surface area (Å²) in [6.07, 6.45) is 0.716. The molecule has 21 heavy (non-hydrogen) atoms. The van der Waals surface area contributed by atoms with E-state index in [4.69, 9.17) is 4.74 Å². The summed E-state index contributed by atoms with van der Waals surface area (Å²) in [5.74, 6) is 0.0356. The van der Waals surface area contributed by atoms with Crippen LogP contribution in [-0.2, 0) is 10.0 Å². The largest absolute Gasteiger partial charge is 0.490 e. The van der Waals surface area contributed by atoms with E-state index in [0.717, 1.165) is 6.07 Å². The fourth-order valence-corrected chi connectivity index (χ4v) is 3.82. The molecule has 1 aromatic carbocycles. The number of nitrogens with zero attached hydrogens (tertiary/aromatic N) is 2. The highest BCUT2D eigenvalue weighted by molar-refractivity contribution is 7.89. The van der Waals surface area contributed by atoms with Crippen LogP contribution in [0.2, 0.25) is 0 Å². The van der Waals surface area contributed by atoms with Crippen molar-refractivity contribution in [2.24, 2.45) is 0 Å². The number of nitrogens with one attached hydrogen (secondary N) is 1. The third kappa shape index (κ3) is 2.99. The molecule has 1 atom stereocenters. The molecule has 8 nitrogen and oxygen atoms in total. The molecule has 0 saturated carbocycles. The van der Waals surface area contributed by atoms with Crippen LogP contribution < -0.4 is 10.1 Å². The zero-order chi connectivity index (χ0) is 15.6. The first kappa shape index (κ1) is 15.7. The molecule has 1 saturated heterocycles. The quantitative estimate of drug-likeness (QED) is 0.630. The van der Waals surface area contributed by atoms with E-state index in [0.29, 0.717) is 19.5 Å².